The first-order valence-electron chi connectivity index (χ1n) is 6.03. The molecule has 1 aromatic rings. The first-order valence-corrected chi connectivity index (χ1v) is 6.03. The molecule has 3 aliphatic rings. The first kappa shape index (κ1) is 10.9. The molecular formula is C12H17N3O2. The molecule has 0 aliphatic carbocycles. The minimum absolute atomic E-state index is 0.300. The fraction of sp³-hybridized carbons (Fsp3) is 0.667. The van der Waals surface area contributed by atoms with Gasteiger partial charge >= 0.3 is 0 Å². The Morgan fingerprint density at radius 1 is 1.41 bits per heavy atom. The maximum atomic E-state index is 10.9. The van der Waals surface area contributed by atoms with E-state index in [9.17, 15) is 5.11 Å². The van der Waals surface area contributed by atoms with Gasteiger partial charge in [-0.15, -0.1) is 0 Å². The SMILES string of the molecule is COc1cncc(C2(O)CN3CCC2CC3)n1. The monoisotopic (exact) mass is 235 g/mol. The Morgan fingerprint density at radius 2 is 2.18 bits per heavy atom. The van der Waals surface area contributed by atoms with Crippen molar-refractivity contribution in [3.05, 3.63) is 18.1 Å². The highest BCUT2D eigenvalue weighted by atomic mass is 16.5. The molecule has 1 N–H and O–H groups in total. The Kier molecular flexibility index (Phi) is 2.52. The van der Waals surface area contributed by atoms with Crippen LogP contribution in [-0.4, -0.2) is 46.7 Å². The highest BCUT2D eigenvalue weighted by molar-refractivity contribution is 5.19. The zero-order valence-electron chi connectivity index (χ0n) is 9.96. The van der Waals surface area contributed by atoms with Gasteiger partial charge in [-0.2, -0.15) is 0 Å². The molecule has 3 fully saturated rings. The summed E-state index contributed by atoms with van der Waals surface area (Å²) >= 11 is 0. The molecular weight excluding hydrogens is 218 g/mol. The number of aliphatic hydroxyl groups is 1. The van der Waals surface area contributed by atoms with Gasteiger partial charge in [0.15, 0.2) is 0 Å². The molecule has 5 nitrogen and oxygen atoms in total. The summed E-state index contributed by atoms with van der Waals surface area (Å²) in [6, 6.07) is 0. The molecule has 0 aromatic carbocycles. The predicted octanol–water partition coefficient (Wildman–Crippen LogP) is 0.398. The van der Waals surface area contributed by atoms with Gasteiger partial charge in [0.1, 0.15) is 5.60 Å². The van der Waals surface area contributed by atoms with Crippen LogP contribution in [0.1, 0.15) is 18.5 Å². The summed E-state index contributed by atoms with van der Waals surface area (Å²) < 4.78 is 5.07. The summed E-state index contributed by atoms with van der Waals surface area (Å²) in [6.07, 6.45) is 5.29. The lowest BCUT2D eigenvalue weighted by Gasteiger charge is -2.49. The molecule has 0 amide bonds. The second-order valence-corrected chi connectivity index (χ2v) is 4.92. The van der Waals surface area contributed by atoms with Gasteiger partial charge in [0.05, 0.1) is 25.2 Å². The standard InChI is InChI=1S/C12H17N3O2/c1-17-11-7-13-6-10(14-11)12(16)8-15-4-2-9(12)3-5-15/h6-7,9,16H,2-5,8H2,1H3. The molecule has 3 saturated heterocycles. The van der Waals surface area contributed by atoms with Crippen LogP contribution in [0.15, 0.2) is 12.4 Å². The normalized spacial score (nSPS) is 35.9. The van der Waals surface area contributed by atoms with Crippen molar-refractivity contribution >= 4 is 0 Å². The minimum Gasteiger partial charge on any atom is -0.480 e. The van der Waals surface area contributed by atoms with Gasteiger partial charge in [-0.05, 0) is 31.8 Å². The van der Waals surface area contributed by atoms with Crippen LogP contribution in [0.2, 0.25) is 0 Å². The summed E-state index contributed by atoms with van der Waals surface area (Å²) in [7, 11) is 1.56. The quantitative estimate of drug-likeness (QED) is 0.804. The van der Waals surface area contributed by atoms with Crippen LogP contribution >= 0.6 is 0 Å². The van der Waals surface area contributed by atoms with Crippen LogP contribution in [0, 0.1) is 5.92 Å². The average molecular weight is 235 g/mol. The molecule has 1 atom stereocenters. The van der Waals surface area contributed by atoms with Crippen LogP contribution in [0.4, 0.5) is 0 Å². The van der Waals surface area contributed by atoms with Crippen LogP contribution in [0.5, 0.6) is 5.88 Å². The number of aromatic nitrogens is 2. The van der Waals surface area contributed by atoms with E-state index in [2.05, 4.69) is 14.9 Å². The molecule has 3 aliphatic heterocycles. The van der Waals surface area contributed by atoms with Crippen molar-refractivity contribution in [1.82, 2.24) is 14.9 Å². The molecule has 5 heteroatoms. The van der Waals surface area contributed by atoms with E-state index in [1.807, 2.05) is 0 Å². The zero-order valence-corrected chi connectivity index (χ0v) is 9.96. The van der Waals surface area contributed by atoms with Crippen molar-refractivity contribution < 1.29 is 9.84 Å². The summed E-state index contributed by atoms with van der Waals surface area (Å²) in [4.78, 5) is 10.7. The largest absolute Gasteiger partial charge is 0.480 e. The number of nitrogens with zero attached hydrogens (tertiary/aromatic N) is 3. The molecule has 0 saturated carbocycles. The molecule has 2 bridgehead atoms. The minimum atomic E-state index is -0.849. The smallest absolute Gasteiger partial charge is 0.232 e. The van der Waals surface area contributed by atoms with Gasteiger partial charge < -0.3 is 14.7 Å². The summed E-state index contributed by atoms with van der Waals surface area (Å²) in [6.45, 7) is 2.84. The van der Waals surface area contributed by atoms with Crippen molar-refractivity contribution in [3.63, 3.8) is 0 Å². The number of hydrogen-bond donors (Lipinski definition) is 1. The van der Waals surface area contributed by atoms with Crippen LogP contribution in [0.25, 0.3) is 0 Å². The van der Waals surface area contributed by atoms with Gasteiger partial charge in [-0.1, -0.05) is 0 Å². The highest BCUT2D eigenvalue weighted by Gasteiger charge is 2.47. The van der Waals surface area contributed by atoms with Gasteiger partial charge in [-0.25, -0.2) is 4.98 Å². The fourth-order valence-electron chi connectivity index (χ4n) is 2.98. The van der Waals surface area contributed by atoms with Gasteiger partial charge in [0, 0.05) is 6.54 Å². The third-order valence-electron chi connectivity index (χ3n) is 3.99. The molecule has 0 spiro atoms. The van der Waals surface area contributed by atoms with Gasteiger partial charge in [0.2, 0.25) is 5.88 Å². The van der Waals surface area contributed by atoms with Crippen molar-refractivity contribution in [2.24, 2.45) is 5.92 Å². The molecule has 1 aromatic heterocycles. The molecule has 92 valence electrons. The lowest BCUT2D eigenvalue weighted by atomic mass is 9.74. The van der Waals surface area contributed by atoms with E-state index in [0.29, 0.717) is 24.0 Å². The van der Waals surface area contributed by atoms with Gasteiger partial charge in [0.25, 0.3) is 0 Å². The van der Waals surface area contributed by atoms with Gasteiger partial charge in [-0.3, -0.25) is 4.98 Å². The van der Waals surface area contributed by atoms with E-state index < -0.39 is 5.60 Å². The Balaban J connectivity index is 1.96. The van der Waals surface area contributed by atoms with Crippen LogP contribution in [-0.2, 0) is 5.60 Å². The summed E-state index contributed by atoms with van der Waals surface area (Å²) in [5, 5.41) is 10.9. The van der Waals surface area contributed by atoms with E-state index in [1.165, 1.54) is 0 Å². The van der Waals surface area contributed by atoms with Crippen molar-refractivity contribution in [2.75, 3.05) is 26.7 Å². The van der Waals surface area contributed by atoms with E-state index in [1.54, 1.807) is 19.5 Å². The molecule has 4 heterocycles. The Morgan fingerprint density at radius 3 is 2.76 bits per heavy atom. The first-order chi connectivity index (χ1) is 8.22. The third kappa shape index (κ3) is 1.70. The zero-order chi connectivity index (χ0) is 11.9. The predicted molar refractivity (Wildman–Crippen MR) is 61.6 cm³/mol. The summed E-state index contributed by atoms with van der Waals surface area (Å²) in [5.74, 6) is 0.765. The van der Waals surface area contributed by atoms with Crippen molar-refractivity contribution in [2.45, 2.75) is 18.4 Å². The number of methoxy groups -OCH3 is 1. The molecule has 4 rings (SSSR count). The van der Waals surface area contributed by atoms with Crippen molar-refractivity contribution in [1.29, 1.82) is 0 Å². The maximum Gasteiger partial charge on any atom is 0.232 e. The Bertz CT molecular complexity index is 418. The van der Waals surface area contributed by atoms with Crippen LogP contribution in [0.3, 0.4) is 0 Å². The molecule has 0 radical (unpaired) electrons. The lowest BCUT2D eigenvalue weighted by Crippen LogP contribution is -2.57. The van der Waals surface area contributed by atoms with Crippen LogP contribution < -0.4 is 4.74 Å². The van der Waals surface area contributed by atoms with Crippen molar-refractivity contribution in [3.8, 4) is 5.88 Å². The Labute approximate surface area is 100 Å². The van der Waals surface area contributed by atoms with E-state index in [0.717, 1.165) is 25.9 Å². The number of hydrogen-bond acceptors (Lipinski definition) is 5. The number of fused-ring (bicyclic) bond motifs is 3. The van der Waals surface area contributed by atoms with E-state index in [4.69, 9.17) is 4.74 Å². The number of rotatable bonds is 2. The second-order valence-electron chi connectivity index (χ2n) is 4.92. The molecule has 1 unspecified atom stereocenters. The topological polar surface area (TPSA) is 58.5 Å². The second kappa shape index (κ2) is 3.92. The fourth-order valence-corrected chi connectivity index (χ4v) is 2.98. The average Bonchev–Trinajstić information content (AvgIpc) is 2.40. The number of piperidine rings is 3. The third-order valence-corrected chi connectivity index (χ3v) is 3.99. The summed E-state index contributed by atoms with van der Waals surface area (Å²) in [5.41, 5.74) is -0.204. The molecule has 17 heavy (non-hydrogen) atoms. The maximum absolute atomic E-state index is 10.9. The van der Waals surface area contributed by atoms with E-state index >= 15 is 0 Å². The highest BCUT2D eigenvalue weighted by Crippen LogP contribution is 2.41. The lowest BCUT2D eigenvalue weighted by molar-refractivity contribution is -0.120. The number of ether oxygens (including phenoxy) is 1. The van der Waals surface area contributed by atoms with E-state index in [-0.39, 0.29) is 0 Å². The Hall–Kier alpha value is -1.20.